The number of aryl methyl sites for hydroxylation is 2. The van der Waals surface area contributed by atoms with E-state index in [4.69, 9.17) is 0 Å². The van der Waals surface area contributed by atoms with Gasteiger partial charge in [-0.05, 0) is 48.1 Å². The molecule has 0 bridgehead atoms. The van der Waals surface area contributed by atoms with Crippen LogP contribution in [0.4, 0.5) is 0 Å². The molecule has 4 heterocycles. The molecule has 3 amide bonds. The molecule has 0 aliphatic carbocycles. The Labute approximate surface area is 177 Å². The second-order valence-corrected chi connectivity index (χ2v) is 8.67. The van der Waals surface area contributed by atoms with Gasteiger partial charge in [-0.3, -0.25) is 19.7 Å². The maximum absolute atomic E-state index is 12.9. The van der Waals surface area contributed by atoms with Crippen molar-refractivity contribution in [2.75, 3.05) is 0 Å². The summed E-state index contributed by atoms with van der Waals surface area (Å²) in [6, 6.07) is 7.22. The molecule has 7 nitrogen and oxygen atoms in total. The first kappa shape index (κ1) is 18.7. The molecule has 5 rings (SSSR count). The molecular weight excluding hydrogens is 400 g/mol. The van der Waals surface area contributed by atoms with Crippen molar-refractivity contribution in [2.45, 2.75) is 32.4 Å². The molecule has 152 valence electrons. The minimum absolute atomic E-state index is 0.165. The van der Waals surface area contributed by atoms with E-state index in [9.17, 15) is 14.4 Å². The predicted molar refractivity (Wildman–Crippen MR) is 113 cm³/mol. The molecule has 1 N–H and O–H groups in total. The molecule has 0 radical (unpaired) electrons. The van der Waals surface area contributed by atoms with Crippen molar-refractivity contribution in [1.29, 1.82) is 0 Å². The van der Waals surface area contributed by atoms with E-state index in [1.54, 1.807) is 22.6 Å². The van der Waals surface area contributed by atoms with E-state index in [-0.39, 0.29) is 18.2 Å². The van der Waals surface area contributed by atoms with Gasteiger partial charge in [0.25, 0.3) is 5.91 Å². The van der Waals surface area contributed by atoms with E-state index in [0.29, 0.717) is 18.5 Å². The highest BCUT2D eigenvalue weighted by molar-refractivity contribution is 7.13. The van der Waals surface area contributed by atoms with Crippen LogP contribution in [0.1, 0.15) is 34.3 Å². The fourth-order valence-electron chi connectivity index (χ4n) is 4.25. The number of aromatic nitrogens is 2. The lowest BCUT2D eigenvalue weighted by Crippen LogP contribution is -2.52. The second kappa shape index (κ2) is 6.91. The number of fused-ring (bicyclic) bond motifs is 1. The maximum Gasteiger partial charge on any atom is 0.255 e. The molecule has 0 spiro atoms. The molecule has 2 aliphatic heterocycles. The van der Waals surface area contributed by atoms with Crippen LogP contribution >= 0.6 is 11.3 Å². The maximum atomic E-state index is 12.9. The zero-order valence-electron chi connectivity index (χ0n) is 16.6. The first-order valence-electron chi connectivity index (χ1n) is 9.78. The molecular formula is C22H20N4O3S. The summed E-state index contributed by atoms with van der Waals surface area (Å²) in [7, 11) is 1.98. The van der Waals surface area contributed by atoms with Gasteiger partial charge in [0.1, 0.15) is 6.04 Å². The van der Waals surface area contributed by atoms with E-state index in [1.165, 1.54) is 10.4 Å². The summed E-state index contributed by atoms with van der Waals surface area (Å²) in [4.78, 5) is 44.0. The van der Waals surface area contributed by atoms with Gasteiger partial charge in [-0.25, -0.2) is 4.98 Å². The first-order valence-corrected chi connectivity index (χ1v) is 10.7. The molecule has 1 fully saturated rings. The summed E-state index contributed by atoms with van der Waals surface area (Å²) in [6.45, 7) is 2.44. The zero-order chi connectivity index (χ0) is 21.0. The lowest BCUT2D eigenvalue weighted by atomic mass is 10.0. The lowest BCUT2D eigenvalue weighted by Gasteiger charge is -2.29. The van der Waals surface area contributed by atoms with Gasteiger partial charge in [0.15, 0.2) is 0 Å². The number of carbonyl (C=O) groups excluding carboxylic acids is 3. The Morgan fingerprint density at radius 3 is 2.77 bits per heavy atom. The highest BCUT2D eigenvalue weighted by Gasteiger charge is 2.39. The molecule has 30 heavy (non-hydrogen) atoms. The van der Waals surface area contributed by atoms with E-state index in [0.717, 1.165) is 22.5 Å². The van der Waals surface area contributed by atoms with Gasteiger partial charge in [0.05, 0.1) is 22.6 Å². The average molecular weight is 420 g/mol. The van der Waals surface area contributed by atoms with E-state index in [2.05, 4.69) is 28.7 Å². The highest BCUT2D eigenvalue weighted by Crippen LogP contribution is 2.38. The number of carbonyl (C=O) groups is 3. The van der Waals surface area contributed by atoms with Crippen LogP contribution in [0.15, 0.2) is 36.0 Å². The number of rotatable bonds is 3. The topological polar surface area (TPSA) is 84.3 Å². The molecule has 3 aromatic rings. The summed E-state index contributed by atoms with van der Waals surface area (Å²) in [5, 5.41) is 4.41. The van der Waals surface area contributed by atoms with Crippen LogP contribution in [-0.2, 0) is 23.2 Å². The van der Waals surface area contributed by atoms with Gasteiger partial charge in [0, 0.05) is 31.1 Å². The number of imide groups is 1. The van der Waals surface area contributed by atoms with Gasteiger partial charge in [-0.15, -0.1) is 11.3 Å². The summed E-state index contributed by atoms with van der Waals surface area (Å²) in [5.41, 5.74) is 5.54. The third-order valence-corrected chi connectivity index (χ3v) is 6.83. The van der Waals surface area contributed by atoms with Crippen LogP contribution in [0.5, 0.6) is 0 Å². The summed E-state index contributed by atoms with van der Waals surface area (Å²) >= 11 is 1.68. The van der Waals surface area contributed by atoms with Crippen molar-refractivity contribution >= 4 is 29.1 Å². The summed E-state index contributed by atoms with van der Waals surface area (Å²) < 4.78 is 2.02. The number of hydrogen-bond acceptors (Lipinski definition) is 5. The monoisotopic (exact) mass is 420 g/mol. The minimum Gasteiger partial charge on any atom is -0.333 e. The van der Waals surface area contributed by atoms with Gasteiger partial charge >= 0.3 is 0 Å². The quantitative estimate of drug-likeness (QED) is 0.661. The van der Waals surface area contributed by atoms with Crippen molar-refractivity contribution in [2.24, 2.45) is 7.05 Å². The van der Waals surface area contributed by atoms with Crippen molar-refractivity contribution in [3.63, 3.8) is 0 Å². The molecule has 0 saturated carbocycles. The largest absolute Gasteiger partial charge is 0.333 e. The number of hydrogen-bond donors (Lipinski definition) is 1. The Hall–Kier alpha value is -3.26. The van der Waals surface area contributed by atoms with E-state index < -0.39 is 11.9 Å². The summed E-state index contributed by atoms with van der Waals surface area (Å²) in [6.07, 6.45) is 2.41. The van der Waals surface area contributed by atoms with Gasteiger partial charge in [-0.1, -0.05) is 6.07 Å². The second-order valence-electron chi connectivity index (χ2n) is 7.76. The minimum atomic E-state index is -0.606. The predicted octanol–water partition coefficient (Wildman–Crippen LogP) is 2.89. The molecule has 8 heteroatoms. The van der Waals surface area contributed by atoms with E-state index in [1.807, 2.05) is 29.8 Å². The molecule has 2 aromatic heterocycles. The Morgan fingerprint density at radius 1 is 1.20 bits per heavy atom. The van der Waals surface area contributed by atoms with Crippen LogP contribution in [0.2, 0.25) is 0 Å². The molecule has 2 aliphatic rings. The van der Waals surface area contributed by atoms with Crippen LogP contribution in [-0.4, -0.2) is 38.2 Å². The van der Waals surface area contributed by atoms with Crippen molar-refractivity contribution in [1.82, 2.24) is 19.8 Å². The average Bonchev–Trinajstić information content (AvgIpc) is 3.39. The fourth-order valence-corrected chi connectivity index (χ4v) is 5.26. The van der Waals surface area contributed by atoms with Crippen LogP contribution in [0.3, 0.4) is 0 Å². The Balaban J connectivity index is 1.50. The van der Waals surface area contributed by atoms with Gasteiger partial charge in [0.2, 0.25) is 11.8 Å². The highest BCUT2D eigenvalue weighted by atomic mass is 32.1. The number of piperidine rings is 1. The lowest BCUT2D eigenvalue weighted by molar-refractivity contribution is -0.136. The van der Waals surface area contributed by atoms with Gasteiger partial charge < -0.3 is 9.47 Å². The van der Waals surface area contributed by atoms with Crippen molar-refractivity contribution in [3.8, 4) is 21.8 Å². The normalized spacial score (nSPS) is 18.7. The first-order chi connectivity index (χ1) is 14.4. The molecule has 1 atom stereocenters. The number of thiophene rings is 1. The number of nitrogens with one attached hydrogen (secondary N) is 1. The van der Waals surface area contributed by atoms with Gasteiger partial charge in [-0.2, -0.15) is 0 Å². The van der Waals surface area contributed by atoms with Crippen molar-refractivity contribution in [3.05, 3.63) is 52.7 Å². The third-order valence-electron chi connectivity index (χ3n) is 5.81. The zero-order valence-corrected chi connectivity index (χ0v) is 17.5. The Morgan fingerprint density at radius 2 is 2.03 bits per heavy atom. The third kappa shape index (κ3) is 2.87. The molecule has 1 saturated heterocycles. The van der Waals surface area contributed by atoms with E-state index >= 15 is 0 Å². The fraction of sp³-hybridized carbons (Fsp3) is 0.273. The Bertz CT molecular complexity index is 1210. The standard InChI is InChI=1S/C22H20N4O3S/c1-12-7-8-30-20(12)19-18(23-11-25(19)2)13-3-4-15-14(9-13)10-26(22(15)29)16-5-6-17(27)24-21(16)28/h3-4,7-9,11,16H,5-6,10H2,1-2H3,(H,24,27,28). The van der Waals surface area contributed by atoms with Crippen LogP contribution in [0, 0.1) is 6.92 Å². The number of imidazole rings is 1. The Kier molecular flexibility index (Phi) is 4.32. The number of amides is 3. The number of benzene rings is 1. The smallest absolute Gasteiger partial charge is 0.255 e. The summed E-state index contributed by atoms with van der Waals surface area (Å²) in [5.74, 6) is -0.844. The molecule has 1 unspecified atom stereocenters. The van der Waals surface area contributed by atoms with Crippen molar-refractivity contribution < 1.29 is 14.4 Å². The SMILES string of the molecule is Cc1ccsc1-c1c(-c2ccc3c(c2)CN(C2CCC(=O)NC2=O)C3=O)ncn1C. The van der Waals surface area contributed by atoms with Crippen LogP contribution in [0.25, 0.3) is 21.8 Å². The van der Waals surface area contributed by atoms with Crippen LogP contribution < -0.4 is 5.32 Å². The molecule has 1 aromatic carbocycles. The number of nitrogens with zero attached hydrogens (tertiary/aromatic N) is 3.